The van der Waals surface area contributed by atoms with Gasteiger partial charge in [0.25, 0.3) is 0 Å². The Balaban J connectivity index is 2.08. The maximum absolute atomic E-state index is 13.6. The van der Waals surface area contributed by atoms with Gasteiger partial charge >= 0.3 is 0 Å². The third-order valence-electron chi connectivity index (χ3n) is 4.18. The van der Waals surface area contributed by atoms with Crippen LogP contribution in [0.2, 0.25) is 0 Å². The standard InChI is InChI=1S/C13H11F2NO2S/c14-9-1-2-10(15)11(5-9)19(17,18)13(8-16)6-12(7-13)3-4-12/h1-2,5H,3-4,6-7H2. The maximum atomic E-state index is 13.6. The highest BCUT2D eigenvalue weighted by Gasteiger charge is 2.67. The van der Waals surface area contributed by atoms with E-state index in [0.29, 0.717) is 6.07 Å². The molecule has 2 aliphatic rings. The molecule has 0 heterocycles. The number of nitriles is 1. The Morgan fingerprint density at radius 3 is 2.37 bits per heavy atom. The molecule has 1 spiro atoms. The molecule has 3 rings (SSSR count). The molecular formula is C13H11F2NO2S. The minimum absolute atomic E-state index is 0.0351. The summed E-state index contributed by atoms with van der Waals surface area (Å²) in [5, 5.41) is 9.21. The Labute approximate surface area is 109 Å². The van der Waals surface area contributed by atoms with Crippen LogP contribution in [0.4, 0.5) is 8.78 Å². The lowest BCUT2D eigenvalue weighted by Crippen LogP contribution is -2.50. The Morgan fingerprint density at radius 2 is 1.84 bits per heavy atom. The molecule has 0 atom stereocenters. The quantitative estimate of drug-likeness (QED) is 0.838. The lowest BCUT2D eigenvalue weighted by Gasteiger charge is -2.42. The summed E-state index contributed by atoms with van der Waals surface area (Å²) >= 11 is 0. The van der Waals surface area contributed by atoms with Crippen LogP contribution in [0, 0.1) is 28.4 Å². The third-order valence-corrected chi connectivity index (χ3v) is 6.48. The fourth-order valence-corrected chi connectivity index (χ4v) is 5.04. The first-order valence-corrected chi connectivity index (χ1v) is 7.44. The number of sulfone groups is 1. The SMILES string of the molecule is N#CC1(S(=O)(=O)c2cc(F)ccc2F)CC2(CC2)C1. The molecule has 2 saturated carbocycles. The molecular weight excluding hydrogens is 272 g/mol. The van der Waals surface area contributed by atoms with Gasteiger partial charge < -0.3 is 0 Å². The van der Waals surface area contributed by atoms with Crippen molar-refractivity contribution < 1.29 is 17.2 Å². The van der Waals surface area contributed by atoms with Crippen LogP contribution in [-0.4, -0.2) is 13.2 Å². The highest BCUT2D eigenvalue weighted by molar-refractivity contribution is 7.93. The van der Waals surface area contributed by atoms with E-state index in [2.05, 4.69) is 0 Å². The predicted molar refractivity (Wildman–Crippen MR) is 62.8 cm³/mol. The zero-order chi connectivity index (χ0) is 13.9. The topological polar surface area (TPSA) is 57.9 Å². The summed E-state index contributed by atoms with van der Waals surface area (Å²) < 4.78 is 50.1. The van der Waals surface area contributed by atoms with E-state index >= 15 is 0 Å². The molecule has 0 amide bonds. The van der Waals surface area contributed by atoms with Crippen molar-refractivity contribution in [1.82, 2.24) is 0 Å². The Kier molecular flexibility index (Phi) is 2.34. The van der Waals surface area contributed by atoms with E-state index < -0.39 is 31.1 Å². The smallest absolute Gasteiger partial charge is 0.200 e. The normalized spacial score (nSPS) is 22.6. The van der Waals surface area contributed by atoms with Crippen molar-refractivity contribution in [2.75, 3.05) is 0 Å². The van der Waals surface area contributed by atoms with Gasteiger partial charge in [0.2, 0.25) is 0 Å². The number of nitrogens with zero attached hydrogens (tertiary/aromatic N) is 1. The molecule has 0 saturated heterocycles. The van der Waals surface area contributed by atoms with E-state index in [-0.39, 0.29) is 18.3 Å². The van der Waals surface area contributed by atoms with Crippen molar-refractivity contribution in [1.29, 1.82) is 5.26 Å². The average Bonchev–Trinajstić information content (AvgIpc) is 3.09. The van der Waals surface area contributed by atoms with Crippen molar-refractivity contribution in [3.8, 4) is 6.07 Å². The molecule has 19 heavy (non-hydrogen) atoms. The van der Waals surface area contributed by atoms with Crippen molar-refractivity contribution in [2.24, 2.45) is 5.41 Å². The molecule has 6 heteroatoms. The summed E-state index contributed by atoms with van der Waals surface area (Å²) in [6.07, 6.45) is 2.29. The van der Waals surface area contributed by atoms with Gasteiger partial charge in [-0.05, 0) is 49.3 Å². The number of rotatable bonds is 2. The highest BCUT2D eigenvalue weighted by Crippen LogP contribution is 2.67. The summed E-state index contributed by atoms with van der Waals surface area (Å²) in [4.78, 5) is -0.704. The van der Waals surface area contributed by atoms with Gasteiger partial charge in [-0.1, -0.05) is 0 Å². The van der Waals surface area contributed by atoms with Gasteiger partial charge in [0, 0.05) is 0 Å². The lowest BCUT2D eigenvalue weighted by molar-refractivity contribution is 0.238. The van der Waals surface area contributed by atoms with E-state index in [4.69, 9.17) is 0 Å². The van der Waals surface area contributed by atoms with Gasteiger partial charge in [0.1, 0.15) is 16.5 Å². The number of halogens is 2. The van der Waals surface area contributed by atoms with Crippen molar-refractivity contribution >= 4 is 9.84 Å². The molecule has 2 fully saturated rings. The number of hydrogen-bond acceptors (Lipinski definition) is 3. The van der Waals surface area contributed by atoms with Gasteiger partial charge in [-0.15, -0.1) is 0 Å². The van der Waals surface area contributed by atoms with Gasteiger partial charge in [-0.2, -0.15) is 5.26 Å². The molecule has 1 aromatic rings. The van der Waals surface area contributed by atoms with Gasteiger partial charge in [0.15, 0.2) is 14.6 Å². The second-order valence-corrected chi connectivity index (χ2v) is 7.77. The summed E-state index contributed by atoms with van der Waals surface area (Å²) in [5.74, 6) is -1.83. The molecule has 0 aliphatic heterocycles. The first kappa shape index (κ1) is 12.5. The average molecular weight is 283 g/mol. The van der Waals surface area contributed by atoms with Crippen LogP contribution < -0.4 is 0 Å². The van der Waals surface area contributed by atoms with Crippen LogP contribution in [0.3, 0.4) is 0 Å². The second kappa shape index (κ2) is 3.54. The molecule has 2 aliphatic carbocycles. The van der Waals surface area contributed by atoms with Gasteiger partial charge in [-0.3, -0.25) is 0 Å². The summed E-state index contributed by atoms with van der Waals surface area (Å²) in [7, 11) is -4.17. The molecule has 0 bridgehead atoms. The summed E-state index contributed by atoms with van der Waals surface area (Å²) in [6.45, 7) is 0. The van der Waals surface area contributed by atoms with E-state index in [9.17, 15) is 22.5 Å². The molecule has 0 unspecified atom stereocenters. The largest absolute Gasteiger partial charge is 0.222 e. The minimum Gasteiger partial charge on any atom is -0.222 e. The van der Waals surface area contributed by atoms with Crippen molar-refractivity contribution in [3.05, 3.63) is 29.8 Å². The molecule has 0 aromatic heterocycles. The van der Waals surface area contributed by atoms with Gasteiger partial charge in [-0.25, -0.2) is 17.2 Å². The van der Waals surface area contributed by atoms with Crippen LogP contribution in [0.15, 0.2) is 23.1 Å². The summed E-state index contributed by atoms with van der Waals surface area (Å²) in [6, 6.07) is 4.11. The predicted octanol–water partition coefficient (Wildman–Crippen LogP) is 2.57. The molecule has 0 radical (unpaired) electrons. The zero-order valence-electron chi connectivity index (χ0n) is 9.99. The third kappa shape index (κ3) is 1.61. The van der Waals surface area contributed by atoms with Crippen molar-refractivity contribution in [2.45, 2.75) is 35.3 Å². The molecule has 1 aromatic carbocycles. The fourth-order valence-electron chi connectivity index (χ4n) is 2.91. The fraction of sp³-hybridized carbons (Fsp3) is 0.462. The van der Waals surface area contributed by atoms with E-state index in [1.165, 1.54) is 0 Å². The Bertz CT molecular complexity index is 694. The van der Waals surface area contributed by atoms with E-state index in [1.807, 2.05) is 6.07 Å². The molecule has 0 N–H and O–H groups in total. The highest BCUT2D eigenvalue weighted by atomic mass is 32.2. The van der Waals surface area contributed by atoms with Crippen LogP contribution >= 0.6 is 0 Å². The van der Waals surface area contributed by atoms with E-state index in [1.54, 1.807) is 0 Å². The molecule has 3 nitrogen and oxygen atoms in total. The maximum Gasteiger partial charge on any atom is 0.200 e. The Hall–Kier alpha value is -1.48. The lowest BCUT2D eigenvalue weighted by atomic mass is 9.72. The molecule has 100 valence electrons. The monoisotopic (exact) mass is 283 g/mol. The first-order valence-electron chi connectivity index (χ1n) is 5.95. The summed E-state index contributed by atoms with van der Waals surface area (Å²) in [5.41, 5.74) is -0.0351. The Morgan fingerprint density at radius 1 is 1.21 bits per heavy atom. The second-order valence-electron chi connectivity index (χ2n) is 5.54. The number of benzene rings is 1. The van der Waals surface area contributed by atoms with Crippen LogP contribution in [0.25, 0.3) is 0 Å². The minimum atomic E-state index is -4.17. The zero-order valence-corrected chi connectivity index (χ0v) is 10.8. The van der Waals surface area contributed by atoms with Crippen LogP contribution in [0.1, 0.15) is 25.7 Å². The first-order chi connectivity index (χ1) is 8.84. The van der Waals surface area contributed by atoms with Crippen molar-refractivity contribution in [3.63, 3.8) is 0 Å². The van der Waals surface area contributed by atoms with Crippen LogP contribution in [0.5, 0.6) is 0 Å². The van der Waals surface area contributed by atoms with Gasteiger partial charge in [0.05, 0.1) is 6.07 Å². The van der Waals surface area contributed by atoms with E-state index in [0.717, 1.165) is 25.0 Å². The number of hydrogen-bond donors (Lipinski definition) is 0. The van der Waals surface area contributed by atoms with Crippen LogP contribution in [-0.2, 0) is 9.84 Å².